The molecule has 20 heavy (non-hydrogen) atoms. The molecule has 0 aliphatic rings. The van der Waals surface area contributed by atoms with Crippen molar-refractivity contribution in [2.45, 2.75) is 17.9 Å². The lowest BCUT2D eigenvalue weighted by molar-refractivity contribution is 0.599. The number of nitrogens with zero attached hydrogens (tertiary/aromatic N) is 3. The molecule has 0 fully saturated rings. The molecule has 2 aromatic rings. The summed E-state index contributed by atoms with van der Waals surface area (Å²) < 4.78 is 26.7. The van der Waals surface area contributed by atoms with Crippen molar-refractivity contribution in [2.75, 3.05) is 11.8 Å². The van der Waals surface area contributed by atoms with Gasteiger partial charge in [0.05, 0.1) is 17.3 Å². The zero-order valence-corrected chi connectivity index (χ0v) is 11.9. The van der Waals surface area contributed by atoms with E-state index in [1.54, 1.807) is 12.1 Å². The molecule has 0 spiro atoms. The van der Waals surface area contributed by atoms with E-state index >= 15 is 0 Å². The molecule has 1 aromatic carbocycles. The molecule has 0 saturated heterocycles. The fourth-order valence-electron chi connectivity index (χ4n) is 1.59. The van der Waals surface area contributed by atoms with Gasteiger partial charge >= 0.3 is 0 Å². The van der Waals surface area contributed by atoms with E-state index in [0.717, 1.165) is 5.56 Å². The van der Waals surface area contributed by atoms with Gasteiger partial charge in [0.25, 0.3) is 16.0 Å². The van der Waals surface area contributed by atoms with Gasteiger partial charge in [-0.1, -0.05) is 12.1 Å². The van der Waals surface area contributed by atoms with Crippen molar-refractivity contribution in [3.63, 3.8) is 0 Å². The van der Waals surface area contributed by atoms with E-state index in [-0.39, 0.29) is 16.9 Å². The molecule has 1 heterocycles. The minimum absolute atomic E-state index is 0.0554. The molecule has 7 nitrogen and oxygen atoms in total. The first-order valence-corrected chi connectivity index (χ1v) is 7.45. The van der Waals surface area contributed by atoms with E-state index < -0.39 is 10.0 Å². The predicted molar refractivity (Wildman–Crippen MR) is 74.6 cm³/mol. The first-order chi connectivity index (χ1) is 9.53. The summed E-state index contributed by atoms with van der Waals surface area (Å²) in [5.41, 5.74) is 0.877. The largest absolute Gasteiger partial charge is 0.313 e. The summed E-state index contributed by atoms with van der Waals surface area (Å²) in [5, 5.41) is 10.2. The van der Waals surface area contributed by atoms with E-state index in [1.165, 1.54) is 18.5 Å². The van der Waals surface area contributed by atoms with Crippen molar-refractivity contribution >= 4 is 16.0 Å². The molecule has 8 heteroatoms. The summed E-state index contributed by atoms with van der Waals surface area (Å²) in [5.74, 6) is -0.0560. The second-order valence-electron chi connectivity index (χ2n) is 4.15. The van der Waals surface area contributed by atoms with Crippen molar-refractivity contribution in [3.8, 4) is 0 Å². The molecule has 2 rings (SSSR count). The molecular weight excluding hydrogens is 278 g/mol. The number of benzene rings is 1. The van der Waals surface area contributed by atoms with Gasteiger partial charge in [-0.3, -0.25) is 0 Å². The Morgan fingerprint density at radius 2 is 2.05 bits per heavy atom. The zero-order valence-electron chi connectivity index (χ0n) is 11.1. The predicted octanol–water partition coefficient (Wildman–Crippen LogP) is 0.953. The topological polar surface area (TPSA) is 96.9 Å². The molecule has 2 N–H and O–H groups in total. The van der Waals surface area contributed by atoms with Crippen LogP contribution >= 0.6 is 0 Å². The molecule has 0 saturated carbocycles. The minimum Gasteiger partial charge on any atom is -0.313 e. The number of sulfonamides is 1. The Morgan fingerprint density at radius 1 is 1.25 bits per heavy atom. The van der Waals surface area contributed by atoms with Crippen molar-refractivity contribution in [1.82, 2.24) is 20.5 Å². The van der Waals surface area contributed by atoms with Gasteiger partial charge in [-0.05, 0) is 31.7 Å². The maximum atomic E-state index is 12.2. The number of hydrogen-bond donors (Lipinski definition) is 2. The first kappa shape index (κ1) is 14.4. The summed E-state index contributed by atoms with van der Waals surface area (Å²) in [4.78, 5) is 3.94. The Labute approximate surface area is 117 Å². The van der Waals surface area contributed by atoms with Crippen molar-refractivity contribution in [1.29, 1.82) is 0 Å². The summed E-state index contributed by atoms with van der Waals surface area (Å²) in [6.07, 6.45) is 2.73. The smallest absolute Gasteiger partial charge is 0.264 e. The lowest BCUT2D eigenvalue weighted by Gasteiger charge is -2.12. The molecule has 0 bridgehead atoms. The highest BCUT2D eigenvalue weighted by Gasteiger charge is 2.17. The fourth-order valence-corrected chi connectivity index (χ4v) is 2.59. The lowest BCUT2D eigenvalue weighted by atomic mass is 10.1. The highest BCUT2D eigenvalue weighted by Crippen LogP contribution is 2.18. The molecule has 1 unspecified atom stereocenters. The Balaban J connectivity index is 2.30. The maximum Gasteiger partial charge on any atom is 0.264 e. The number of anilines is 1. The lowest BCUT2D eigenvalue weighted by Crippen LogP contribution is -2.17. The van der Waals surface area contributed by atoms with Gasteiger partial charge in [0.1, 0.15) is 0 Å². The molecular formula is C12H15N5O2S. The molecule has 0 radical (unpaired) electrons. The van der Waals surface area contributed by atoms with Crippen LogP contribution in [-0.2, 0) is 10.0 Å². The van der Waals surface area contributed by atoms with Crippen molar-refractivity contribution in [2.24, 2.45) is 0 Å². The van der Waals surface area contributed by atoms with Gasteiger partial charge in [-0.2, -0.15) is 5.10 Å². The van der Waals surface area contributed by atoms with Gasteiger partial charge in [-0.25, -0.2) is 18.1 Å². The molecule has 0 aliphatic carbocycles. The van der Waals surface area contributed by atoms with E-state index in [2.05, 4.69) is 25.2 Å². The number of rotatable bonds is 5. The van der Waals surface area contributed by atoms with Crippen LogP contribution in [0.25, 0.3) is 0 Å². The first-order valence-electron chi connectivity index (χ1n) is 5.96. The monoisotopic (exact) mass is 293 g/mol. The number of aromatic nitrogens is 3. The summed E-state index contributed by atoms with van der Waals surface area (Å²) >= 11 is 0. The standard InChI is InChI=1S/C12H15N5O2S/c1-9(13-2)10-4-3-5-11(8-10)20(18,19)17-12-14-6-7-15-16-12/h3-9,13H,1-2H3,(H,14,16,17). The number of hydrogen-bond acceptors (Lipinski definition) is 6. The van der Waals surface area contributed by atoms with E-state index in [9.17, 15) is 8.42 Å². The third-order valence-electron chi connectivity index (χ3n) is 2.81. The summed E-state index contributed by atoms with van der Waals surface area (Å²) in [6.45, 7) is 1.95. The Kier molecular flexibility index (Phi) is 4.26. The molecule has 0 amide bonds. The summed E-state index contributed by atoms with van der Waals surface area (Å²) in [7, 11) is -1.91. The minimum atomic E-state index is -3.72. The van der Waals surface area contributed by atoms with Gasteiger partial charge in [0.15, 0.2) is 0 Å². The van der Waals surface area contributed by atoms with E-state index in [1.807, 2.05) is 20.0 Å². The average Bonchev–Trinajstić information content (AvgIpc) is 2.47. The third kappa shape index (κ3) is 3.28. The van der Waals surface area contributed by atoms with Gasteiger partial charge in [0.2, 0.25) is 0 Å². The SMILES string of the molecule is CNC(C)c1cccc(S(=O)(=O)Nc2nccnn2)c1. The third-order valence-corrected chi connectivity index (χ3v) is 4.14. The maximum absolute atomic E-state index is 12.2. The highest BCUT2D eigenvalue weighted by atomic mass is 32.2. The second kappa shape index (κ2) is 5.93. The number of nitrogens with one attached hydrogen (secondary N) is 2. The van der Waals surface area contributed by atoms with Gasteiger partial charge in [0, 0.05) is 6.04 Å². The van der Waals surface area contributed by atoms with Crippen LogP contribution in [0.3, 0.4) is 0 Å². The zero-order chi connectivity index (χ0) is 14.6. The highest BCUT2D eigenvalue weighted by molar-refractivity contribution is 7.92. The van der Waals surface area contributed by atoms with Crippen LogP contribution < -0.4 is 10.0 Å². The second-order valence-corrected chi connectivity index (χ2v) is 5.84. The van der Waals surface area contributed by atoms with Crippen LogP contribution in [0, 0.1) is 0 Å². The van der Waals surface area contributed by atoms with Crippen molar-refractivity contribution in [3.05, 3.63) is 42.2 Å². The summed E-state index contributed by atoms with van der Waals surface area (Å²) in [6, 6.07) is 6.74. The molecule has 106 valence electrons. The van der Waals surface area contributed by atoms with E-state index in [4.69, 9.17) is 0 Å². The average molecular weight is 293 g/mol. The molecule has 1 atom stereocenters. The molecule has 1 aromatic heterocycles. The van der Waals surface area contributed by atoms with Gasteiger partial charge < -0.3 is 5.32 Å². The van der Waals surface area contributed by atoms with E-state index in [0.29, 0.717) is 0 Å². The van der Waals surface area contributed by atoms with Crippen LogP contribution in [0.4, 0.5) is 5.95 Å². The fraction of sp³-hybridized carbons (Fsp3) is 0.250. The molecule has 0 aliphatic heterocycles. The van der Waals surface area contributed by atoms with Crippen LogP contribution in [0.5, 0.6) is 0 Å². The van der Waals surface area contributed by atoms with Crippen molar-refractivity contribution < 1.29 is 8.42 Å². The van der Waals surface area contributed by atoms with Crippen LogP contribution in [0.2, 0.25) is 0 Å². The Morgan fingerprint density at radius 3 is 2.70 bits per heavy atom. The van der Waals surface area contributed by atoms with Gasteiger partial charge in [-0.15, -0.1) is 5.10 Å². The van der Waals surface area contributed by atoms with Crippen LogP contribution in [0.1, 0.15) is 18.5 Å². The quantitative estimate of drug-likeness (QED) is 0.852. The normalized spacial score (nSPS) is 12.9. The Bertz CT molecular complexity index is 675. The van der Waals surface area contributed by atoms with Crippen LogP contribution in [0.15, 0.2) is 41.6 Å². The Hall–Kier alpha value is -2.06. The van der Waals surface area contributed by atoms with Crippen LogP contribution in [-0.4, -0.2) is 30.6 Å².